The number of anilines is 2. The molecule has 0 saturated heterocycles. The number of rotatable bonds is 5. The first-order valence-corrected chi connectivity index (χ1v) is 8.69. The largest absolute Gasteiger partial charge is 0.478 e. The zero-order valence-corrected chi connectivity index (χ0v) is 15.8. The van der Waals surface area contributed by atoms with Gasteiger partial charge in [-0.05, 0) is 42.3 Å². The van der Waals surface area contributed by atoms with E-state index in [4.69, 9.17) is 0 Å². The number of nitrogens with zero attached hydrogens (tertiary/aromatic N) is 3. The van der Waals surface area contributed by atoms with Crippen LogP contribution in [0.4, 0.5) is 17.1 Å². The van der Waals surface area contributed by atoms with Crippen LogP contribution in [-0.4, -0.2) is 23.0 Å². The lowest BCUT2D eigenvalue weighted by molar-refractivity contribution is -0.384. The van der Waals surface area contributed by atoms with Gasteiger partial charge in [-0.25, -0.2) is 4.79 Å². The third-order valence-corrected chi connectivity index (χ3v) is 4.71. The van der Waals surface area contributed by atoms with Crippen molar-refractivity contribution in [2.45, 2.75) is 6.92 Å². The molecule has 1 N–H and O–H groups in total. The number of hydrogen-bond donors (Lipinski definition) is 1. The van der Waals surface area contributed by atoms with Crippen molar-refractivity contribution in [1.82, 2.24) is 0 Å². The fourth-order valence-electron chi connectivity index (χ4n) is 3.25. The van der Waals surface area contributed by atoms with E-state index in [0.29, 0.717) is 16.8 Å². The van der Waals surface area contributed by atoms with Crippen molar-refractivity contribution in [3.63, 3.8) is 0 Å². The number of hydrogen-bond acceptors (Lipinski definition) is 5. The summed E-state index contributed by atoms with van der Waals surface area (Å²) < 4.78 is 0. The third kappa shape index (κ3) is 3.64. The Morgan fingerprint density at radius 1 is 1.10 bits per heavy atom. The summed E-state index contributed by atoms with van der Waals surface area (Å²) in [5, 5.41) is 30.4. The molecule has 7 heteroatoms. The van der Waals surface area contributed by atoms with Gasteiger partial charge in [-0.15, -0.1) is 0 Å². The standard InChI is InChI=1S/C22H17N3O4/c1-14-7-12-19(22(26)27)21(20(14)25(28)29)24(2)17-10-8-15(9-11-17)18-6-4-3-5-16(18)13-23/h3-12H,1-2H3,(H,26,27). The van der Waals surface area contributed by atoms with Gasteiger partial charge in [0.2, 0.25) is 0 Å². The number of nitro groups is 1. The molecule has 0 aliphatic rings. The molecule has 0 saturated carbocycles. The maximum atomic E-state index is 11.7. The molecule has 0 amide bonds. The number of aromatic carboxylic acids is 1. The van der Waals surface area contributed by atoms with Gasteiger partial charge in [0.25, 0.3) is 5.69 Å². The lowest BCUT2D eigenvalue weighted by Crippen LogP contribution is -2.16. The van der Waals surface area contributed by atoms with Crippen LogP contribution in [0.3, 0.4) is 0 Å². The van der Waals surface area contributed by atoms with Crippen LogP contribution in [0.2, 0.25) is 0 Å². The van der Waals surface area contributed by atoms with E-state index in [0.717, 1.165) is 11.1 Å². The SMILES string of the molecule is Cc1ccc(C(=O)O)c(N(C)c2ccc(-c3ccccc3C#N)cc2)c1[N+](=O)[O-]. The monoisotopic (exact) mass is 387 g/mol. The van der Waals surface area contributed by atoms with E-state index >= 15 is 0 Å². The Bertz CT molecular complexity index is 1150. The molecular weight excluding hydrogens is 370 g/mol. The first-order chi connectivity index (χ1) is 13.8. The fraction of sp³-hybridized carbons (Fsp3) is 0.0909. The van der Waals surface area contributed by atoms with Crippen LogP contribution in [0.1, 0.15) is 21.5 Å². The van der Waals surface area contributed by atoms with E-state index in [-0.39, 0.29) is 16.9 Å². The van der Waals surface area contributed by atoms with Crippen LogP contribution < -0.4 is 4.90 Å². The van der Waals surface area contributed by atoms with Crippen molar-refractivity contribution in [3.8, 4) is 17.2 Å². The van der Waals surface area contributed by atoms with Gasteiger partial charge in [-0.1, -0.05) is 36.4 Å². The van der Waals surface area contributed by atoms with Gasteiger partial charge in [0.1, 0.15) is 5.69 Å². The van der Waals surface area contributed by atoms with Crippen molar-refractivity contribution < 1.29 is 14.8 Å². The van der Waals surface area contributed by atoms with E-state index in [1.807, 2.05) is 12.1 Å². The quantitative estimate of drug-likeness (QED) is 0.492. The zero-order valence-electron chi connectivity index (χ0n) is 15.8. The number of nitro benzene ring substituents is 1. The van der Waals surface area contributed by atoms with Gasteiger partial charge in [0, 0.05) is 18.3 Å². The maximum absolute atomic E-state index is 11.7. The molecule has 0 fully saturated rings. The number of aryl methyl sites for hydroxylation is 1. The lowest BCUT2D eigenvalue weighted by atomic mass is 10.00. The maximum Gasteiger partial charge on any atom is 0.338 e. The minimum absolute atomic E-state index is 0.0210. The summed E-state index contributed by atoms with van der Waals surface area (Å²) in [6.45, 7) is 1.57. The third-order valence-electron chi connectivity index (χ3n) is 4.71. The number of benzene rings is 3. The molecule has 0 bridgehead atoms. The molecule has 0 atom stereocenters. The molecule has 0 aromatic heterocycles. The number of carboxylic acids is 1. The van der Waals surface area contributed by atoms with E-state index in [2.05, 4.69) is 6.07 Å². The summed E-state index contributed by atoms with van der Waals surface area (Å²) in [7, 11) is 1.59. The first-order valence-electron chi connectivity index (χ1n) is 8.69. The fourth-order valence-corrected chi connectivity index (χ4v) is 3.25. The van der Waals surface area contributed by atoms with Crippen molar-refractivity contribution >= 4 is 23.0 Å². The van der Waals surface area contributed by atoms with Crippen molar-refractivity contribution in [3.05, 3.63) is 87.5 Å². The van der Waals surface area contributed by atoms with Gasteiger partial charge in [-0.3, -0.25) is 10.1 Å². The predicted octanol–water partition coefficient (Wildman–Crippen LogP) is 4.91. The topological polar surface area (TPSA) is 107 Å². The van der Waals surface area contributed by atoms with Crippen molar-refractivity contribution in [2.24, 2.45) is 0 Å². The Hall–Kier alpha value is -4.18. The summed E-state index contributed by atoms with van der Waals surface area (Å²) in [6, 6.07) is 19.2. The van der Waals surface area contributed by atoms with Crippen LogP contribution in [0.5, 0.6) is 0 Å². The van der Waals surface area contributed by atoms with Gasteiger partial charge in [0.05, 0.1) is 22.1 Å². The van der Waals surface area contributed by atoms with Crippen LogP contribution in [0.25, 0.3) is 11.1 Å². The highest BCUT2D eigenvalue weighted by atomic mass is 16.6. The molecule has 29 heavy (non-hydrogen) atoms. The average Bonchev–Trinajstić information content (AvgIpc) is 2.72. The zero-order chi connectivity index (χ0) is 21.1. The second-order valence-electron chi connectivity index (χ2n) is 6.45. The molecule has 0 aliphatic carbocycles. The van der Waals surface area contributed by atoms with Crippen LogP contribution in [0.15, 0.2) is 60.7 Å². The van der Waals surface area contributed by atoms with Gasteiger partial charge in [-0.2, -0.15) is 5.26 Å². The first kappa shape index (κ1) is 19.6. The summed E-state index contributed by atoms with van der Waals surface area (Å²) in [6.07, 6.45) is 0. The molecule has 3 rings (SSSR count). The minimum atomic E-state index is -1.24. The van der Waals surface area contributed by atoms with E-state index < -0.39 is 10.9 Å². The van der Waals surface area contributed by atoms with Gasteiger partial charge in [0.15, 0.2) is 0 Å². The Balaban J connectivity index is 2.09. The van der Waals surface area contributed by atoms with Gasteiger partial charge < -0.3 is 10.0 Å². The van der Waals surface area contributed by atoms with Crippen molar-refractivity contribution in [2.75, 3.05) is 11.9 Å². The molecule has 7 nitrogen and oxygen atoms in total. The molecule has 3 aromatic rings. The molecule has 0 heterocycles. The second kappa shape index (κ2) is 7.82. The molecule has 3 aromatic carbocycles. The average molecular weight is 387 g/mol. The molecular formula is C22H17N3O4. The number of nitriles is 1. The van der Waals surface area contributed by atoms with Crippen molar-refractivity contribution in [1.29, 1.82) is 5.26 Å². The number of carboxylic acid groups (broad SMARTS) is 1. The molecule has 0 spiro atoms. The van der Waals surface area contributed by atoms with E-state index in [1.54, 1.807) is 50.4 Å². The minimum Gasteiger partial charge on any atom is -0.478 e. The highest BCUT2D eigenvalue weighted by Gasteiger charge is 2.27. The predicted molar refractivity (Wildman–Crippen MR) is 109 cm³/mol. The number of carbonyl (C=O) groups is 1. The van der Waals surface area contributed by atoms with Crippen LogP contribution in [0, 0.1) is 28.4 Å². The van der Waals surface area contributed by atoms with E-state index in [9.17, 15) is 25.3 Å². The summed E-state index contributed by atoms with van der Waals surface area (Å²) in [4.78, 5) is 24.2. The van der Waals surface area contributed by atoms with Crippen LogP contribution >= 0.6 is 0 Å². The summed E-state index contributed by atoms with van der Waals surface area (Å²) in [5.74, 6) is -1.24. The molecule has 0 radical (unpaired) electrons. The molecule has 144 valence electrons. The Kier molecular flexibility index (Phi) is 5.28. The summed E-state index contributed by atoms with van der Waals surface area (Å²) >= 11 is 0. The van der Waals surface area contributed by atoms with Gasteiger partial charge >= 0.3 is 5.97 Å². The normalized spacial score (nSPS) is 10.2. The highest BCUT2D eigenvalue weighted by Crippen LogP contribution is 2.38. The highest BCUT2D eigenvalue weighted by molar-refractivity contribution is 5.99. The second-order valence-corrected chi connectivity index (χ2v) is 6.45. The van der Waals surface area contributed by atoms with E-state index in [1.165, 1.54) is 17.0 Å². The Labute approximate surface area is 167 Å². The smallest absolute Gasteiger partial charge is 0.338 e. The Morgan fingerprint density at radius 3 is 2.34 bits per heavy atom. The van der Waals surface area contributed by atoms with Crippen LogP contribution in [-0.2, 0) is 0 Å². The summed E-state index contributed by atoms with van der Waals surface area (Å²) in [5.41, 5.74) is 2.72. The lowest BCUT2D eigenvalue weighted by Gasteiger charge is -2.22. The molecule has 0 aliphatic heterocycles. The Morgan fingerprint density at radius 2 is 1.76 bits per heavy atom. The molecule has 0 unspecified atom stereocenters.